The van der Waals surface area contributed by atoms with Gasteiger partial charge >= 0.3 is 0 Å². The van der Waals surface area contributed by atoms with Crippen LogP contribution in [0.5, 0.6) is 11.5 Å². The Morgan fingerprint density at radius 1 is 0.558 bits per heavy atom. The van der Waals surface area contributed by atoms with E-state index >= 15 is 0 Å². The van der Waals surface area contributed by atoms with Gasteiger partial charge in [0.2, 0.25) is 35.4 Å². The van der Waals surface area contributed by atoms with Crippen molar-refractivity contribution in [3.8, 4) is 11.5 Å². The largest absolute Gasteiger partial charge is 0.457 e. The molecular weight excluding hydrogens is 664 g/mol. The van der Waals surface area contributed by atoms with Gasteiger partial charge in [-0.2, -0.15) is 0 Å². The smallest absolute Gasteiger partial charge is 0.246 e. The van der Waals surface area contributed by atoms with E-state index in [-0.39, 0.29) is 19.3 Å². The number of rotatable bonds is 2. The first kappa shape index (κ1) is 37.5. The molecule has 6 amide bonds. The molecule has 13 heteroatoms. The topological polar surface area (TPSA) is 157 Å². The van der Waals surface area contributed by atoms with Crippen LogP contribution in [0.2, 0.25) is 0 Å². The summed E-state index contributed by atoms with van der Waals surface area (Å²) in [5.74, 6) is -2.30. The summed E-state index contributed by atoms with van der Waals surface area (Å²) >= 11 is 0. The minimum Gasteiger partial charge on any atom is -0.457 e. The zero-order valence-corrected chi connectivity index (χ0v) is 30.3. The lowest BCUT2D eigenvalue weighted by molar-refractivity contribution is -0.149. The summed E-state index contributed by atoms with van der Waals surface area (Å²) in [6.07, 6.45) is 0.293. The van der Waals surface area contributed by atoms with Gasteiger partial charge in [-0.05, 0) is 61.7 Å². The van der Waals surface area contributed by atoms with Gasteiger partial charge in [0.05, 0.1) is 0 Å². The van der Waals surface area contributed by atoms with Gasteiger partial charge in [0, 0.05) is 40.4 Å². The van der Waals surface area contributed by atoms with Crippen LogP contribution in [0, 0.1) is 0 Å². The number of likely N-dealkylation sites (N-methyl/N-ethyl adjacent to an activating group) is 3. The van der Waals surface area contributed by atoms with E-state index in [1.807, 2.05) is 30.3 Å². The predicted molar refractivity (Wildman–Crippen MR) is 193 cm³/mol. The molecule has 6 rings (SSSR count). The van der Waals surface area contributed by atoms with Crippen molar-refractivity contribution >= 4 is 35.4 Å². The molecule has 13 nitrogen and oxygen atoms in total. The number of carbonyl (C=O) groups is 6. The number of hydrogen-bond acceptors (Lipinski definition) is 7. The predicted octanol–water partition coefficient (Wildman–Crippen LogP) is 1.83. The Morgan fingerprint density at radius 3 is 1.81 bits per heavy atom. The number of nitrogens with zero attached hydrogens (tertiary/aromatic N) is 3. The molecule has 1 saturated heterocycles. The summed E-state index contributed by atoms with van der Waals surface area (Å²) in [6, 6.07) is 17.0. The summed E-state index contributed by atoms with van der Waals surface area (Å²) in [4.78, 5) is 87.5. The molecule has 0 aromatic heterocycles. The lowest BCUT2D eigenvalue weighted by Gasteiger charge is -2.36. The maximum Gasteiger partial charge on any atom is 0.246 e. The van der Waals surface area contributed by atoms with E-state index in [1.54, 1.807) is 48.5 Å². The van der Waals surface area contributed by atoms with Crippen LogP contribution in [0.4, 0.5) is 0 Å². The summed E-state index contributed by atoms with van der Waals surface area (Å²) < 4.78 is 6.08. The van der Waals surface area contributed by atoms with Crippen LogP contribution < -0.4 is 20.7 Å². The van der Waals surface area contributed by atoms with Crippen LogP contribution in [0.3, 0.4) is 0 Å². The molecule has 3 heterocycles. The van der Waals surface area contributed by atoms with Gasteiger partial charge in [-0.1, -0.05) is 54.6 Å². The van der Waals surface area contributed by atoms with Gasteiger partial charge in [0.25, 0.3) is 0 Å². The molecular formula is C39H46N6O7. The molecule has 0 unspecified atom stereocenters. The number of amides is 6. The van der Waals surface area contributed by atoms with Gasteiger partial charge in [0.1, 0.15) is 47.8 Å². The zero-order valence-electron chi connectivity index (χ0n) is 30.3. The Labute approximate surface area is 303 Å². The monoisotopic (exact) mass is 710 g/mol. The Morgan fingerprint density at radius 2 is 1.13 bits per heavy atom. The molecule has 0 radical (unpaired) electrons. The van der Waals surface area contributed by atoms with E-state index < -0.39 is 71.7 Å². The van der Waals surface area contributed by atoms with Crippen LogP contribution in [0.15, 0.2) is 78.9 Å². The van der Waals surface area contributed by atoms with E-state index in [4.69, 9.17) is 4.74 Å². The molecule has 52 heavy (non-hydrogen) atoms. The van der Waals surface area contributed by atoms with E-state index in [2.05, 4.69) is 16.0 Å². The van der Waals surface area contributed by atoms with Gasteiger partial charge in [-0.15, -0.1) is 0 Å². The second kappa shape index (κ2) is 16.1. The highest BCUT2D eigenvalue weighted by Gasteiger charge is 2.39. The first-order chi connectivity index (χ1) is 24.7. The van der Waals surface area contributed by atoms with Gasteiger partial charge < -0.3 is 35.4 Å². The molecule has 274 valence electrons. The Hall–Kier alpha value is -5.72. The van der Waals surface area contributed by atoms with Gasteiger partial charge in [-0.3, -0.25) is 28.8 Å². The number of hydrogen-bond donors (Lipinski definition) is 3. The summed E-state index contributed by atoms with van der Waals surface area (Å²) in [6.45, 7) is 4.50. The van der Waals surface area contributed by atoms with Crippen molar-refractivity contribution < 1.29 is 33.5 Å². The highest BCUT2D eigenvalue weighted by Crippen LogP contribution is 2.26. The fourth-order valence-electron chi connectivity index (χ4n) is 6.50. The van der Waals surface area contributed by atoms with Gasteiger partial charge in [-0.25, -0.2) is 0 Å². The lowest BCUT2D eigenvalue weighted by atomic mass is 9.99. The van der Waals surface area contributed by atoms with E-state index in [1.165, 1.54) is 56.6 Å². The molecule has 3 aromatic rings. The molecule has 0 saturated carbocycles. The highest BCUT2D eigenvalue weighted by atomic mass is 16.5. The number of nitrogens with one attached hydrogen (secondary N) is 3. The molecule has 6 atom stereocenters. The molecule has 1 fully saturated rings. The quantitative estimate of drug-likeness (QED) is 0.366. The number of ether oxygens (including phenoxy) is 1. The minimum atomic E-state index is -1.10. The molecule has 3 aliphatic heterocycles. The average molecular weight is 711 g/mol. The van der Waals surface area contributed by atoms with Crippen molar-refractivity contribution in [1.82, 2.24) is 30.7 Å². The highest BCUT2D eigenvalue weighted by molar-refractivity contribution is 5.98. The van der Waals surface area contributed by atoms with Crippen molar-refractivity contribution in [3.63, 3.8) is 0 Å². The van der Waals surface area contributed by atoms with E-state index in [9.17, 15) is 28.8 Å². The fraction of sp³-hybridized carbons (Fsp3) is 0.385. The first-order valence-electron chi connectivity index (χ1n) is 17.3. The molecule has 3 aliphatic rings. The molecule has 3 aromatic carbocycles. The molecule has 0 aliphatic carbocycles. The lowest BCUT2D eigenvalue weighted by Crippen LogP contribution is -2.61. The maximum absolute atomic E-state index is 14.5. The number of carbonyl (C=O) groups excluding carboxylic acids is 6. The summed E-state index contributed by atoms with van der Waals surface area (Å²) in [5.41, 5.74) is 2.20. The first-order valence-corrected chi connectivity index (χ1v) is 17.3. The van der Waals surface area contributed by atoms with Gasteiger partial charge in [0.15, 0.2) is 0 Å². The third-order valence-electron chi connectivity index (χ3n) is 9.73. The Kier molecular flexibility index (Phi) is 11.6. The molecule has 0 spiro atoms. The van der Waals surface area contributed by atoms with Crippen molar-refractivity contribution in [3.05, 3.63) is 95.6 Å². The van der Waals surface area contributed by atoms with Crippen molar-refractivity contribution in [2.45, 2.75) is 76.3 Å². The SMILES string of the molecule is C[C@@H]1NC(=O)[C@@H](C)NC(=O)[C@@H]2Cc3cccc(c3)Oc3ccc(cc3)C[C@@H](C(=O)N2C)N(C)C(=O)[C@H](C)NC(=O)[C@H](Cc2ccccc2)N(C)C1=O. The third-order valence-corrected chi connectivity index (χ3v) is 9.73. The number of benzene rings is 3. The van der Waals surface area contributed by atoms with Crippen molar-refractivity contribution in [1.29, 1.82) is 0 Å². The third kappa shape index (κ3) is 8.59. The summed E-state index contributed by atoms with van der Waals surface area (Å²) in [7, 11) is 4.45. The van der Waals surface area contributed by atoms with Crippen molar-refractivity contribution in [2.75, 3.05) is 21.1 Å². The standard InChI is InChI=1S/C39H46N6O7/c1-23-34(46)41-24(2)37(49)43(4)31(20-26-11-8-7-9-12-26)36(48)42-25(3)38(50)45(6)33-21-27-15-17-29(18-16-27)52-30-14-10-13-28(19-30)22-32(35(47)40-23)44(5)39(33)51/h7-19,23-25,31-33H,20-22H2,1-6H3,(H,40,47)(H,41,46)(H,42,48)/t23-,24+,25+,31+,32+,33+/m1/s1. The fourth-order valence-corrected chi connectivity index (χ4v) is 6.50. The molecule has 3 N–H and O–H groups in total. The average Bonchev–Trinajstić information content (AvgIpc) is 3.13. The van der Waals surface area contributed by atoms with E-state index in [0.717, 1.165) is 11.1 Å². The summed E-state index contributed by atoms with van der Waals surface area (Å²) in [5, 5.41) is 8.15. The van der Waals surface area contributed by atoms with Crippen molar-refractivity contribution in [2.24, 2.45) is 0 Å². The Bertz CT molecular complexity index is 1820. The van der Waals surface area contributed by atoms with Crippen LogP contribution in [0.25, 0.3) is 0 Å². The second-order valence-electron chi connectivity index (χ2n) is 13.6. The normalized spacial score (nSPS) is 25.4. The van der Waals surface area contributed by atoms with Crippen LogP contribution in [0.1, 0.15) is 37.5 Å². The zero-order chi connectivity index (χ0) is 37.7. The second-order valence-corrected chi connectivity index (χ2v) is 13.6. The van der Waals surface area contributed by atoms with Crippen LogP contribution in [-0.2, 0) is 48.0 Å². The van der Waals surface area contributed by atoms with E-state index in [0.29, 0.717) is 17.1 Å². The maximum atomic E-state index is 14.5. The Balaban J connectivity index is 1.57. The minimum absolute atomic E-state index is 0.0660. The molecule has 6 bridgehead atoms. The van der Waals surface area contributed by atoms with Crippen LogP contribution >= 0.6 is 0 Å². The number of fused-ring (bicyclic) bond motifs is 2. The van der Waals surface area contributed by atoms with Crippen LogP contribution in [-0.4, -0.2) is 108 Å².